The summed E-state index contributed by atoms with van der Waals surface area (Å²) in [5, 5.41) is 0.874. The van der Waals surface area contributed by atoms with Crippen LogP contribution in [0.3, 0.4) is 0 Å². The Morgan fingerprint density at radius 3 is 2.88 bits per heavy atom. The highest BCUT2D eigenvalue weighted by Gasteiger charge is 2.39. The summed E-state index contributed by atoms with van der Waals surface area (Å²) in [5.41, 5.74) is 0. The molecule has 2 amide bonds. The highest BCUT2D eigenvalue weighted by Crippen LogP contribution is 2.23. The molecule has 2 fully saturated rings. The predicted molar refractivity (Wildman–Crippen MR) is 64.3 cm³/mol. The fourth-order valence-electron chi connectivity index (χ4n) is 2.47. The number of piperazine rings is 1. The molecular weight excluding hydrogens is 272 g/mol. The fourth-order valence-corrected chi connectivity index (χ4v) is 2.72. The number of hydrogen-bond acceptors (Lipinski definition) is 2. The Bertz CT molecular complexity index is 296. The third-order valence-electron chi connectivity index (χ3n) is 3.31. The van der Waals surface area contributed by atoms with Crippen LogP contribution in [-0.4, -0.2) is 52.6 Å². The number of nitrogens with zero attached hydrogens (tertiary/aromatic N) is 2. The number of carbonyl (C=O) groups excluding carboxylic acids is 2. The molecule has 4 nitrogen and oxygen atoms in total. The van der Waals surface area contributed by atoms with Gasteiger partial charge < -0.3 is 9.80 Å². The Balaban J connectivity index is 2.04. The summed E-state index contributed by atoms with van der Waals surface area (Å²) in [6.07, 6.45) is 3.85. The van der Waals surface area contributed by atoms with Gasteiger partial charge >= 0.3 is 0 Å². The van der Waals surface area contributed by atoms with Crippen molar-refractivity contribution in [2.75, 3.05) is 25.0 Å². The molecule has 0 aromatic rings. The standard InChI is InChI=1S/C11H17BrN2O2/c12-5-3-6-13-8-10(15)14-7-2-1-4-9(14)11(13)16/h9H,1-8H2. The zero-order chi connectivity index (χ0) is 11.5. The number of fused-ring (bicyclic) bond motifs is 1. The van der Waals surface area contributed by atoms with Crippen LogP contribution in [0.25, 0.3) is 0 Å². The van der Waals surface area contributed by atoms with Gasteiger partial charge in [0.25, 0.3) is 0 Å². The Labute approximate surface area is 104 Å². The Morgan fingerprint density at radius 1 is 1.31 bits per heavy atom. The highest BCUT2D eigenvalue weighted by molar-refractivity contribution is 9.09. The molecule has 0 spiro atoms. The molecule has 0 saturated carbocycles. The molecule has 2 aliphatic heterocycles. The van der Waals surface area contributed by atoms with E-state index in [1.165, 1.54) is 0 Å². The van der Waals surface area contributed by atoms with Crippen molar-refractivity contribution in [3.63, 3.8) is 0 Å². The van der Waals surface area contributed by atoms with E-state index in [1.54, 1.807) is 9.80 Å². The van der Waals surface area contributed by atoms with Crippen LogP contribution >= 0.6 is 15.9 Å². The minimum atomic E-state index is -0.162. The predicted octanol–water partition coefficient (Wildman–Crippen LogP) is 0.995. The van der Waals surface area contributed by atoms with Crippen molar-refractivity contribution >= 4 is 27.7 Å². The van der Waals surface area contributed by atoms with Gasteiger partial charge in [0.2, 0.25) is 11.8 Å². The van der Waals surface area contributed by atoms with Crippen LogP contribution in [0.2, 0.25) is 0 Å². The monoisotopic (exact) mass is 288 g/mol. The molecule has 2 rings (SSSR count). The summed E-state index contributed by atoms with van der Waals surface area (Å²) in [6, 6.07) is -0.162. The van der Waals surface area contributed by atoms with Gasteiger partial charge in [-0.05, 0) is 25.7 Å². The number of carbonyl (C=O) groups is 2. The van der Waals surface area contributed by atoms with E-state index in [4.69, 9.17) is 0 Å². The van der Waals surface area contributed by atoms with Crippen molar-refractivity contribution in [1.29, 1.82) is 0 Å². The molecule has 1 atom stereocenters. The molecule has 1 unspecified atom stereocenters. The largest absolute Gasteiger partial charge is 0.332 e. The maximum atomic E-state index is 12.1. The smallest absolute Gasteiger partial charge is 0.245 e. The normalized spacial score (nSPS) is 25.9. The second-order valence-electron chi connectivity index (χ2n) is 4.40. The summed E-state index contributed by atoms with van der Waals surface area (Å²) in [7, 11) is 0. The van der Waals surface area contributed by atoms with Gasteiger partial charge in [0.05, 0.1) is 6.54 Å². The molecule has 0 aromatic heterocycles. The zero-order valence-electron chi connectivity index (χ0n) is 9.32. The summed E-state index contributed by atoms with van der Waals surface area (Å²) in [5.74, 6) is 0.277. The van der Waals surface area contributed by atoms with Gasteiger partial charge in [-0.2, -0.15) is 0 Å². The van der Waals surface area contributed by atoms with Crippen LogP contribution in [0, 0.1) is 0 Å². The number of halogens is 1. The first kappa shape index (κ1) is 11.9. The lowest BCUT2D eigenvalue weighted by molar-refractivity contribution is -0.157. The van der Waals surface area contributed by atoms with Crippen molar-refractivity contribution in [3.05, 3.63) is 0 Å². The van der Waals surface area contributed by atoms with Gasteiger partial charge in [0.1, 0.15) is 6.04 Å². The van der Waals surface area contributed by atoms with Crippen molar-refractivity contribution < 1.29 is 9.59 Å². The molecule has 90 valence electrons. The second kappa shape index (κ2) is 5.17. The number of rotatable bonds is 3. The van der Waals surface area contributed by atoms with E-state index in [1.807, 2.05) is 0 Å². The van der Waals surface area contributed by atoms with Crippen molar-refractivity contribution in [3.8, 4) is 0 Å². The maximum absolute atomic E-state index is 12.1. The van der Waals surface area contributed by atoms with E-state index >= 15 is 0 Å². The van der Waals surface area contributed by atoms with Crippen molar-refractivity contribution in [1.82, 2.24) is 9.80 Å². The lowest BCUT2D eigenvalue weighted by Crippen LogP contribution is -2.61. The molecule has 0 aromatic carbocycles. The van der Waals surface area contributed by atoms with E-state index in [0.717, 1.165) is 37.6 Å². The van der Waals surface area contributed by atoms with Crippen LogP contribution in [-0.2, 0) is 9.59 Å². The average molecular weight is 289 g/mol. The Hall–Kier alpha value is -0.580. The van der Waals surface area contributed by atoms with Crippen LogP contribution in [0.4, 0.5) is 0 Å². The first-order valence-corrected chi connectivity index (χ1v) is 7.00. The fraction of sp³-hybridized carbons (Fsp3) is 0.818. The quantitative estimate of drug-likeness (QED) is 0.727. The third kappa shape index (κ3) is 2.24. The minimum Gasteiger partial charge on any atom is -0.332 e. The minimum absolute atomic E-state index is 0.124. The zero-order valence-corrected chi connectivity index (χ0v) is 10.9. The molecule has 16 heavy (non-hydrogen) atoms. The molecule has 5 heteroatoms. The summed E-state index contributed by atoms with van der Waals surface area (Å²) >= 11 is 3.35. The van der Waals surface area contributed by atoms with E-state index in [-0.39, 0.29) is 24.4 Å². The first-order chi connectivity index (χ1) is 7.74. The first-order valence-electron chi connectivity index (χ1n) is 5.88. The molecule has 0 N–H and O–H groups in total. The van der Waals surface area contributed by atoms with E-state index < -0.39 is 0 Å². The molecule has 0 bridgehead atoms. The van der Waals surface area contributed by atoms with Gasteiger partial charge in [-0.15, -0.1) is 0 Å². The topological polar surface area (TPSA) is 40.6 Å². The lowest BCUT2D eigenvalue weighted by Gasteiger charge is -2.42. The second-order valence-corrected chi connectivity index (χ2v) is 5.19. The van der Waals surface area contributed by atoms with Gasteiger partial charge in [0.15, 0.2) is 0 Å². The molecule has 0 aliphatic carbocycles. The molecule has 2 aliphatic rings. The van der Waals surface area contributed by atoms with E-state index in [2.05, 4.69) is 15.9 Å². The van der Waals surface area contributed by atoms with E-state index in [9.17, 15) is 9.59 Å². The SMILES string of the molecule is O=C1C2CCCCN2C(=O)CN1CCCBr. The van der Waals surface area contributed by atoms with Gasteiger partial charge in [-0.25, -0.2) is 0 Å². The van der Waals surface area contributed by atoms with Crippen LogP contribution in [0.15, 0.2) is 0 Å². The summed E-state index contributed by atoms with van der Waals surface area (Å²) in [6.45, 7) is 1.74. The Kier molecular flexibility index (Phi) is 3.84. The average Bonchev–Trinajstić information content (AvgIpc) is 2.32. The Morgan fingerprint density at radius 2 is 2.12 bits per heavy atom. The van der Waals surface area contributed by atoms with Gasteiger partial charge in [0, 0.05) is 18.4 Å². The van der Waals surface area contributed by atoms with Gasteiger partial charge in [-0.3, -0.25) is 9.59 Å². The molecule has 0 radical (unpaired) electrons. The highest BCUT2D eigenvalue weighted by atomic mass is 79.9. The lowest BCUT2D eigenvalue weighted by atomic mass is 9.98. The van der Waals surface area contributed by atoms with Crippen LogP contribution < -0.4 is 0 Å². The van der Waals surface area contributed by atoms with Crippen molar-refractivity contribution in [2.45, 2.75) is 31.7 Å². The van der Waals surface area contributed by atoms with Crippen LogP contribution in [0.1, 0.15) is 25.7 Å². The number of amides is 2. The summed E-state index contributed by atoms with van der Waals surface area (Å²) < 4.78 is 0. The summed E-state index contributed by atoms with van der Waals surface area (Å²) in [4.78, 5) is 27.5. The van der Waals surface area contributed by atoms with Gasteiger partial charge in [-0.1, -0.05) is 15.9 Å². The number of piperidine rings is 1. The molecule has 2 heterocycles. The third-order valence-corrected chi connectivity index (χ3v) is 3.87. The van der Waals surface area contributed by atoms with Crippen LogP contribution in [0.5, 0.6) is 0 Å². The maximum Gasteiger partial charge on any atom is 0.245 e. The number of alkyl halides is 1. The number of hydrogen-bond donors (Lipinski definition) is 0. The molecular formula is C11H17BrN2O2. The van der Waals surface area contributed by atoms with Crippen molar-refractivity contribution in [2.24, 2.45) is 0 Å². The van der Waals surface area contributed by atoms with E-state index in [0.29, 0.717) is 6.54 Å². The molecule has 2 saturated heterocycles.